The van der Waals surface area contributed by atoms with Crippen molar-refractivity contribution in [2.45, 2.75) is 6.04 Å². The van der Waals surface area contributed by atoms with Crippen LogP contribution in [0, 0.1) is 0 Å². The molecule has 5 aromatic rings. The average Bonchev–Trinajstić information content (AvgIpc) is 3.33. The maximum Gasteiger partial charge on any atom is 0.217 e. The standard InChI is InChI=1S/C29H21NP/c1-30-24-17-9-7-15-22(24)26-20-13-5-6-14-21(20)29-27(28(26)30)23-16-8-10-18-25(23)31(29)19-11-3-2-4-12-19/h2-18,24H,1H3/q+1. The first-order valence-electron chi connectivity index (χ1n) is 10.8. The van der Waals surface area contributed by atoms with E-state index in [2.05, 4.69) is 115 Å². The smallest absolute Gasteiger partial charge is 0.217 e. The van der Waals surface area contributed by atoms with Gasteiger partial charge in [-0.3, -0.25) is 0 Å². The average molecular weight is 414 g/mol. The van der Waals surface area contributed by atoms with Crippen molar-refractivity contribution in [1.29, 1.82) is 0 Å². The summed E-state index contributed by atoms with van der Waals surface area (Å²) in [4.78, 5) is 0. The van der Waals surface area contributed by atoms with Gasteiger partial charge in [0.25, 0.3) is 0 Å². The summed E-state index contributed by atoms with van der Waals surface area (Å²) in [6, 6.07) is 29.6. The second-order valence-corrected chi connectivity index (χ2v) is 10.6. The zero-order valence-corrected chi connectivity index (χ0v) is 18.2. The molecule has 31 heavy (non-hydrogen) atoms. The van der Waals surface area contributed by atoms with E-state index in [1.807, 2.05) is 0 Å². The van der Waals surface area contributed by atoms with E-state index in [0.29, 0.717) is 6.04 Å². The van der Waals surface area contributed by atoms with E-state index in [9.17, 15) is 0 Å². The molecular formula is C29H21NP+. The minimum absolute atomic E-state index is 0.311. The molecule has 0 saturated heterocycles. The maximum atomic E-state index is 2.50. The maximum absolute atomic E-state index is 2.50. The van der Waals surface area contributed by atoms with Crippen molar-refractivity contribution in [2.75, 3.05) is 7.05 Å². The van der Waals surface area contributed by atoms with Crippen LogP contribution in [0.2, 0.25) is 0 Å². The Morgan fingerprint density at radius 3 is 2.29 bits per heavy atom. The lowest BCUT2D eigenvalue weighted by molar-refractivity contribution is 0.684. The minimum atomic E-state index is -0.591. The van der Waals surface area contributed by atoms with Crippen molar-refractivity contribution in [3.63, 3.8) is 0 Å². The highest BCUT2D eigenvalue weighted by Crippen LogP contribution is 2.55. The molecule has 0 amide bonds. The van der Waals surface area contributed by atoms with Crippen LogP contribution < -0.4 is 15.2 Å². The molecule has 2 unspecified atom stereocenters. The zero-order valence-electron chi connectivity index (χ0n) is 17.3. The predicted molar refractivity (Wildman–Crippen MR) is 135 cm³/mol. The van der Waals surface area contributed by atoms with Crippen molar-refractivity contribution >= 4 is 44.9 Å². The third kappa shape index (κ3) is 2.19. The van der Waals surface area contributed by atoms with Crippen LogP contribution in [0.15, 0.2) is 103 Å². The summed E-state index contributed by atoms with van der Waals surface area (Å²) < 4.78 is 2.50. The van der Waals surface area contributed by atoms with Crippen molar-refractivity contribution < 1.29 is 0 Å². The Morgan fingerprint density at radius 1 is 0.742 bits per heavy atom. The van der Waals surface area contributed by atoms with E-state index < -0.39 is 7.53 Å². The molecule has 2 aliphatic rings. The predicted octanol–water partition coefficient (Wildman–Crippen LogP) is 5.90. The Bertz CT molecular complexity index is 1730. The fourth-order valence-electron chi connectivity index (χ4n) is 5.62. The monoisotopic (exact) mass is 414 g/mol. The van der Waals surface area contributed by atoms with Gasteiger partial charge in [-0.1, -0.05) is 105 Å². The molecule has 2 atom stereocenters. The van der Waals surface area contributed by atoms with Crippen LogP contribution in [-0.2, 0) is 0 Å². The molecule has 7 rings (SSSR count). The molecule has 0 bridgehead atoms. The van der Waals surface area contributed by atoms with Crippen LogP contribution in [0.5, 0.6) is 0 Å². The molecule has 2 heterocycles. The second kappa shape index (κ2) is 6.30. The molecule has 1 aromatic heterocycles. The van der Waals surface area contributed by atoms with E-state index in [1.54, 1.807) is 0 Å². The van der Waals surface area contributed by atoms with Gasteiger partial charge in [-0.15, -0.1) is 0 Å². The van der Waals surface area contributed by atoms with Gasteiger partial charge in [-0.2, -0.15) is 0 Å². The van der Waals surface area contributed by atoms with Crippen LogP contribution >= 0.6 is 7.53 Å². The number of allylic oxidation sites excluding steroid dienone is 2. The molecular weight excluding hydrogens is 393 g/mol. The molecule has 0 saturated carbocycles. The Kier molecular flexibility index (Phi) is 3.51. The number of fused-ring (bicyclic) bond motifs is 9. The van der Waals surface area contributed by atoms with Gasteiger partial charge in [0.1, 0.15) is 7.05 Å². The summed E-state index contributed by atoms with van der Waals surface area (Å²) in [5.41, 5.74) is 1.42. The molecule has 0 N–H and O–H groups in total. The Labute approximate surface area is 181 Å². The second-order valence-electron chi connectivity index (χ2n) is 8.44. The zero-order chi connectivity index (χ0) is 20.5. The molecule has 146 valence electrons. The van der Waals surface area contributed by atoms with E-state index in [4.69, 9.17) is 0 Å². The van der Waals surface area contributed by atoms with Crippen LogP contribution in [0.1, 0.15) is 0 Å². The molecule has 1 aliphatic heterocycles. The lowest BCUT2D eigenvalue weighted by Crippen LogP contribution is -2.35. The summed E-state index contributed by atoms with van der Waals surface area (Å²) in [6.45, 7) is 0. The summed E-state index contributed by atoms with van der Waals surface area (Å²) >= 11 is 0. The number of rotatable bonds is 1. The number of benzene rings is 4. The Hall–Kier alpha value is -3.41. The van der Waals surface area contributed by atoms with Gasteiger partial charge in [0.15, 0.2) is 6.04 Å². The minimum Gasteiger partial charge on any atom is -0.221 e. The molecule has 4 aromatic carbocycles. The van der Waals surface area contributed by atoms with Gasteiger partial charge in [-0.25, -0.2) is 4.58 Å². The van der Waals surface area contributed by atoms with Gasteiger partial charge in [0.2, 0.25) is 5.36 Å². The van der Waals surface area contributed by atoms with Crippen LogP contribution in [0.3, 0.4) is 0 Å². The van der Waals surface area contributed by atoms with Gasteiger partial charge in [0, 0.05) is 21.2 Å². The summed E-state index contributed by atoms with van der Waals surface area (Å²) in [7, 11) is 1.67. The van der Waals surface area contributed by atoms with E-state index in [0.717, 1.165) is 0 Å². The number of likely N-dealkylation sites (N-methyl/N-ethyl adjacent to an activating group) is 1. The molecule has 1 aliphatic carbocycles. The van der Waals surface area contributed by atoms with Gasteiger partial charge >= 0.3 is 0 Å². The molecule has 0 radical (unpaired) electrons. The molecule has 1 nitrogen and oxygen atoms in total. The number of hydrogen-bond donors (Lipinski definition) is 0. The normalized spacial score (nSPS) is 17.7. The Balaban J connectivity index is 1.88. The fourth-order valence-corrected chi connectivity index (χ4v) is 8.42. The van der Waals surface area contributed by atoms with Crippen molar-refractivity contribution in [2.24, 2.45) is 0 Å². The molecule has 0 spiro atoms. The SMILES string of the molecule is C[N+]1=c2c(c3ccccc3c3c2c2ccccc2p3-c2ccccc2)=C2C=CC=CC21. The van der Waals surface area contributed by atoms with E-state index >= 15 is 0 Å². The van der Waals surface area contributed by atoms with Gasteiger partial charge in [0.05, 0.1) is 10.6 Å². The number of hydrogen-bond acceptors (Lipinski definition) is 0. The first kappa shape index (κ1) is 17.3. The Morgan fingerprint density at radius 2 is 1.45 bits per heavy atom. The van der Waals surface area contributed by atoms with Gasteiger partial charge < -0.3 is 0 Å². The first-order valence-corrected chi connectivity index (χ1v) is 12.2. The van der Waals surface area contributed by atoms with E-state index in [-0.39, 0.29) is 0 Å². The van der Waals surface area contributed by atoms with Crippen LogP contribution in [0.25, 0.3) is 42.7 Å². The summed E-state index contributed by atoms with van der Waals surface area (Å²) in [5, 5.41) is 12.9. The number of nitrogens with zero attached hydrogens (tertiary/aromatic N) is 1. The highest BCUT2D eigenvalue weighted by molar-refractivity contribution is 7.68. The quantitative estimate of drug-likeness (QED) is 0.300. The summed E-state index contributed by atoms with van der Waals surface area (Å²) in [5.74, 6) is 0. The van der Waals surface area contributed by atoms with Crippen molar-refractivity contribution in [3.05, 3.63) is 114 Å². The van der Waals surface area contributed by atoms with E-state index in [1.165, 1.54) is 53.2 Å². The first-order chi connectivity index (χ1) is 15.3. The topological polar surface area (TPSA) is 3.01 Å². The highest BCUT2D eigenvalue weighted by atomic mass is 31.1. The largest absolute Gasteiger partial charge is 0.221 e. The van der Waals surface area contributed by atoms with Gasteiger partial charge in [-0.05, 0) is 22.2 Å². The third-order valence-corrected chi connectivity index (χ3v) is 9.47. The van der Waals surface area contributed by atoms with Crippen LogP contribution in [0.4, 0.5) is 0 Å². The third-order valence-electron chi connectivity index (χ3n) is 6.87. The molecule has 0 fully saturated rings. The van der Waals surface area contributed by atoms with Crippen LogP contribution in [-0.4, -0.2) is 13.1 Å². The lowest BCUT2D eigenvalue weighted by atomic mass is 9.97. The molecule has 2 heteroatoms. The summed E-state index contributed by atoms with van der Waals surface area (Å²) in [6.07, 6.45) is 9.01. The lowest BCUT2D eigenvalue weighted by Gasteiger charge is -2.07. The highest BCUT2D eigenvalue weighted by Gasteiger charge is 2.32. The van der Waals surface area contributed by atoms with Crippen molar-refractivity contribution in [3.8, 4) is 5.30 Å². The van der Waals surface area contributed by atoms with Crippen molar-refractivity contribution in [1.82, 2.24) is 4.58 Å². The fraction of sp³-hybridized carbons (Fsp3) is 0.0690.